The standard InChI is InChI=1S/C11H19NO3/c1-3-8(4-2)9-7-10(14)12(5-6-13)11(9)15/h8-9,13H,3-7H2,1-2H3. The number of nitrogens with zero attached hydrogens (tertiary/aromatic N) is 1. The van der Waals surface area contributed by atoms with Crippen LogP contribution in [0.15, 0.2) is 0 Å². The highest BCUT2D eigenvalue weighted by atomic mass is 16.3. The van der Waals surface area contributed by atoms with E-state index >= 15 is 0 Å². The van der Waals surface area contributed by atoms with Crippen molar-refractivity contribution >= 4 is 11.8 Å². The van der Waals surface area contributed by atoms with Crippen LogP contribution in [0.4, 0.5) is 0 Å². The molecule has 0 radical (unpaired) electrons. The van der Waals surface area contributed by atoms with Gasteiger partial charge in [-0.3, -0.25) is 14.5 Å². The van der Waals surface area contributed by atoms with E-state index in [1.807, 2.05) is 13.8 Å². The van der Waals surface area contributed by atoms with Crippen LogP contribution < -0.4 is 0 Å². The van der Waals surface area contributed by atoms with Gasteiger partial charge in [0.05, 0.1) is 19.1 Å². The van der Waals surface area contributed by atoms with E-state index in [1.165, 1.54) is 4.90 Å². The Labute approximate surface area is 90.3 Å². The van der Waals surface area contributed by atoms with E-state index in [2.05, 4.69) is 0 Å². The van der Waals surface area contributed by atoms with Crippen LogP contribution in [-0.4, -0.2) is 35.0 Å². The van der Waals surface area contributed by atoms with Crippen molar-refractivity contribution < 1.29 is 14.7 Å². The van der Waals surface area contributed by atoms with Crippen molar-refractivity contribution in [2.45, 2.75) is 33.1 Å². The third-order valence-corrected chi connectivity index (χ3v) is 3.22. The van der Waals surface area contributed by atoms with Gasteiger partial charge in [-0.1, -0.05) is 26.7 Å². The summed E-state index contributed by atoms with van der Waals surface area (Å²) in [4.78, 5) is 24.6. The van der Waals surface area contributed by atoms with Gasteiger partial charge in [0.25, 0.3) is 0 Å². The summed E-state index contributed by atoms with van der Waals surface area (Å²) in [6.07, 6.45) is 2.17. The third kappa shape index (κ3) is 2.37. The van der Waals surface area contributed by atoms with Gasteiger partial charge in [0.2, 0.25) is 11.8 Å². The fourth-order valence-electron chi connectivity index (χ4n) is 2.27. The Morgan fingerprint density at radius 1 is 1.40 bits per heavy atom. The zero-order chi connectivity index (χ0) is 11.4. The highest BCUT2D eigenvalue weighted by Crippen LogP contribution is 2.30. The van der Waals surface area contributed by atoms with Gasteiger partial charge in [0.15, 0.2) is 0 Å². The molecule has 0 saturated carbocycles. The Morgan fingerprint density at radius 3 is 2.47 bits per heavy atom. The quantitative estimate of drug-likeness (QED) is 0.687. The zero-order valence-electron chi connectivity index (χ0n) is 9.40. The first-order chi connectivity index (χ1) is 7.15. The molecular weight excluding hydrogens is 194 g/mol. The van der Waals surface area contributed by atoms with Gasteiger partial charge in [0, 0.05) is 6.42 Å². The van der Waals surface area contributed by atoms with E-state index < -0.39 is 0 Å². The van der Waals surface area contributed by atoms with Crippen molar-refractivity contribution in [1.82, 2.24) is 4.90 Å². The lowest BCUT2D eigenvalue weighted by Gasteiger charge is -2.19. The van der Waals surface area contributed by atoms with Gasteiger partial charge in [-0.2, -0.15) is 0 Å². The minimum absolute atomic E-state index is 0.0947. The molecule has 1 N–H and O–H groups in total. The predicted octanol–water partition coefficient (Wildman–Crippen LogP) is 0.790. The van der Waals surface area contributed by atoms with Crippen molar-refractivity contribution in [1.29, 1.82) is 0 Å². The molecule has 0 aromatic heterocycles. The third-order valence-electron chi connectivity index (χ3n) is 3.22. The van der Waals surface area contributed by atoms with Crippen LogP contribution in [-0.2, 0) is 9.59 Å². The molecule has 0 aromatic carbocycles. The van der Waals surface area contributed by atoms with Gasteiger partial charge in [-0.25, -0.2) is 0 Å². The highest BCUT2D eigenvalue weighted by molar-refractivity contribution is 6.03. The average Bonchev–Trinajstić information content (AvgIpc) is 2.49. The van der Waals surface area contributed by atoms with E-state index in [0.29, 0.717) is 12.3 Å². The molecular formula is C11H19NO3. The first-order valence-corrected chi connectivity index (χ1v) is 5.60. The lowest BCUT2D eigenvalue weighted by Crippen LogP contribution is -2.34. The summed E-state index contributed by atoms with van der Waals surface area (Å²) in [6.45, 7) is 4.09. The van der Waals surface area contributed by atoms with Crippen LogP contribution in [0.25, 0.3) is 0 Å². The van der Waals surface area contributed by atoms with Gasteiger partial charge in [-0.15, -0.1) is 0 Å². The summed E-state index contributed by atoms with van der Waals surface area (Å²) in [7, 11) is 0. The van der Waals surface area contributed by atoms with Gasteiger partial charge in [-0.05, 0) is 5.92 Å². The summed E-state index contributed by atoms with van der Waals surface area (Å²) in [5, 5.41) is 8.76. The molecule has 0 spiro atoms. The molecule has 1 heterocycles. The zero-order valence-corrected chi connectivity index (χ0v) is 9.40. The Kier molecular flexibility index (Phi) is 4.27. The molecule has 0 aliphatic carbocycles. The molecule has 1 saturated heterocycles. The SMILES string of the molecule is CCC(CC)C1CC(=O)N(CCO)C1=O. The largest absolute Gasteiger partial charge is 0.395 e. The van der Waals surface area contributed by atoms with E-state index in [-0.39, 0.29) is 30.9 Å². The minimum atomic E-state index is -0.154. The van der Waals surface area contributed by atoms with E-state index in [1.54, 1.807) is 0 Å². The minimum Gasteiger partial charge on any atom is -0.395 e. The smallest absolute Gasteiger partial charge is 0.233 e. The Hall–Kier alpha value is -0.900. The number of imide groups is 1. The molecule has 1 fully saturated rings. The van der Waals surface area contributed by atoms with Crippen molar-refractivity contribution in [2.24, 2.45) is 11.8 Å². The maximum absolute atomic E-state index is 11.9. The molecule has 1 unspecified atom stereocenters. The number of aliphatic hydroxyl groups is 1. The van der Waals surface area contributed by atoms with E-state index in [4.69, 9.17) is 5.11 Å². The van der Waals surface area contributed by atoms with E-state index in [0.717, 1.165) is 12.8 Å². The van der Waals surface area contributed by atoms with Crippen LogP contribution in [0.2, 0.25) is 0 Å². The maximum Gasteiger partial charge on any atom is 0.233 e. The molecule has 0 aromatic rings. The monoisotopic (exact) mass is 213 g/mol. The number of hydrogen-bond acceptors (Lipinski definition) is 3. The summed E-state index contributed by atoms with van der Waals surface area (Å²) in [5.74, 6) is -0.0853. The predicted molar refractivity (Wildman–Crippen MR) is 56.0 cm³/mol. The van der Waals surface area contributed by atoms with Crippen LogP contribution in [0, 0.1) is 11.8 Å². The lowest BCUT2D eigenvalue weighted by atomic mass is 9.87. The normalized spacial score (nSPS) is 21.9. The van der Waals surface area contributed by atoms with Gasteiger partial charge in [0.1, 0.15) is 0 Å². The molecule has 1 rings (SSSR count). The molecule has 1 aliphatic rings. The van der Waals surface area contributed by atoms with Gasteiger partial charge < -0.3 is 5.11 Å². The Bertz CT molecular complexity index is 248. The lowest BCUT2D eigenvalue weighted by molar-refractivity contribution is -0.140. The molecule has 4 heteroatoms. The first-order valence-electron chi connectivity index (χ1n) is 5.60. The number of aliphatic hydroxyl groups excluding tert-OH is 1. The summed E-state index contributed by atoms with van der Waals surface area (Å²) in [5.41, 5.74) is 0. The topological polar surface area (TPSA) is 57.6 Å². The summed E-state index contributed by atoms with van der Waals surface area (Å²) in [6, 6.07) is 0. The number of β-amino-alcohol motifs (C(OH)–C–C–N with tert-alkyl or cyclic N) is 1. The maximum atomic E-state index is 11.9. The first kappa shape index (κ1) is 12.2. The Morgan fingerprint density at radius 2 is 2.00 bits per heavy atom. The highest BCUT2D eigenvalue weighted by Gasteiger charge is 2.41. The molecule has 1 aliphatic heterocycles. The number of carbonyl (C=O) groups excluding carboxylic acids is 2. The van der Waals surface area contributed by atoms with Crippen LogP contribution in [0.1, 0.15) is 33.1 Å². The van der Waals surface area contributed by atoms with Crippen molar-refractivity contribution in [3.05, 3.63) is 0 Å². The summed E-state index contributed by atoms with van der Waals surface area (Å²) >= 11 is 0. The molecule has 0 bridgehead atoms. The number of amides is 2. The average molecular weight is 213 g/mol. The van der Waals surface area contributed by atoms with Gasteiger partial charge >= 0.3 is 0 Å². The van der Waals surface area contributed by atoms with Crippen LogP contribution in [0.3, 0.4) is 0 Å². The van der Waals surface area contributed by atoms with Crippen LogP contribution >= 0.6 is 0 Å². The second-order valence-electron chi connectivity index (χ2n) is 3.99. The van der Waals surface area contributed by atoms with Crippen molar-refractivity contribution in [3.63, 3.8) is 0 Å². The summed E-state index contributed by atoms with van der Waals surface area (Å²) < 4.78 is 0. The fraction of sp³-hybridized carbons (Fsp3) is 0.818. The number of hydrogen-bond donors (Lipinski definition) is 1. The Balaban J connectivity index is 2.71. The number of likely N-dealkylation sites (tertiary alicyclic amines) is 1. The second-order valence-corrected chi connectivity index (χ2v) is 3.99. The molecule has 4 nitrogen and oxygen atoms in total. The van der Waals surface area contributed by atoms with Crippen molar-refractivity contribution in [2.75, 3.05) is 13.2 Å². The molecule has 86 valence electrons. The molecule has 15 heavy (non-hydrogen) atoms. The number of carbonyl (C=O) groups is 2. The van der Waals surface area contributed by atoms with E-state index in [9.17, 15) is 9.59 Å². The molecule has 2 amide bonds. The fourth-order valence-corrected chi connectivity index (χ4v) is 2.27. The second kappa shape index (κ2) is 5.26. The van der Waals surface area contributed by atoms with Crippen LogP contribution in [0.5, 0.6) is 0 Å². The molecule has 1 atom stereocenters. The number of rotatable bonds is 5. The van der Waals surface area contributed by atoms with Crippen molar-refractivity contribution in [3.8, 4) is 0 Å².